The van der Waals surface area contributed by atoms with Crippen molar-refractivity contribution < 1.29 is 4.39 Å². The minimum Gasteiger partial charge on any atom is -0.384 e. The summed E-state index contributed by atoms with van der Waals surface area (Å²) in [5, 5.41) is 7.54. The van der Waals surface area contributed by atoms with Crippen LogP contribution in [0.1, 0.15) is 11.1 Å². The van der Waals surface area contributed by atoms with Crippen LogP contribution in [0.2, 0.25) is 0 Å². The first-order valence-electron chi connectivity index (χ1n) is 5.94. The number of hydrogen-bond donors (Lipinski definition) is 2. The fourth-order valence-corrected chi connectivity index (χ4v) is 2.13. The molecule has 2 aromatic rings. The van der Waals surface area contributed by atoms with Crippen LogP contribution >= 0.6 is 0 Å². The van der Waals surface area contributed by atoms with Crippen LogP contribution in [0.5, 0.6) is 0 Å². The van der Waals surface area contributed by atoms with Gasteiger partial charge in [0.1, 0.15) is 11.7 Å². The second kappa shape index (κ2) is 5.10. The zero-order chi connectivity index (χ0) is 14.0. The number of halogens is 1. The summed E-state index contributed by atoms with van der Waals surface area (Å²) in [5.41, 5.74) is 8.23. The molecule has 0 spiro atoms. The van der Waals surface area contributed by atoms with E-state index in [2.05, 4.69) is 0 Å². The lowest BCUT2D eigenvalue weighted by molar-refractivity contribution is 0.625. The monoisotopic (exact) mass is 257 g/mol. The molecular weight excluding hydrogens is 241 g/mol. The van der Waals surface area contributed by atoms with Crippen LogP contribution in [0.15, 0.2) is 42.5 Å². The third kappa shape index (κ3) is 2.42. The molecule has 0 atom stereocenters. The van der Waals surface area contributed by atoms with Gasteiger partial charge >= 0.3 is 0 Å². The Kier molecular flexibility index (Phi) is 3.51. The summed E-state index contributed by atoms with van der Waals surface area (Å²) >= 11 is 0. The minimum atomic E-state index is -0.481. The Morgan fingerprint density at radius 3 is 2.37 bits per heavy atom. The molecule has 98 valence electrons. The molecule has 0 amide bonds. The number of hydrogen-bond acceptors (Lipinski definition) is 2. The highest BCUT2D eigenvalue weighted by atomic mass is 19.1. The van der Waals surface area contributed by atoms with Crippen molar-refractivity contribution in [2.45, 2.75) is 6.92 Å². The van der Waals surface area contributed by atoms with Gasteiger partial charge in [-0.25, -0.2) is 4.39 Å². The third-order valence-corrected chi connectivity index (χ3v) is 3.10. The van der Waals surface area contributed by atoms with Crippen molar-refractivity contribution in [2.24, 2.45) is 5.73 Å². The van der Waals surface area contributed by atoms with Crippen molar-refractivity contribution in [1.82, 2.24) is 0 Å². The molecule has 2 rings (SSSR count). The van der Waals surface area contributed by atoms with E-state index in [1.54, 1.807) is 12.1 Å². The fraction of sp³-hybridized carbons (Fsp3) is 0.133. The first-order valence-corrected chi connectivity index (χ1v) is 5.94. The highest BCUT2D eigenvalue weighted by Crippen LogP contribution is 2.30. The quantitative estimate of drug-likeness (QED) is 0.655. The number of amidine groups is 1. The van der Waals surface area contributed by atoms with E-state index >= 15 is 0 Å². The molecule has 0 aliphatic rings. The number of para-hydroxylation sites is 1. The maximum atomic E-state index is 13.8. The summed E-state index contributed by atoms with van der Waals surface area (Å²) in [7, 11) is 1.84. The van der Waals surface area contributed by atoms with Gasteiger partial charge in [-0.3, -0.25) is 5.41 Å². The molecule has 0 fully saturated rings. The van der Waals surface area contributed by atoms with E-state index in [1.807, 2.05) is 43.1 Å². The second-order valence-corrected chi connectivity index (χ2v) is 4.39. The fourth-order valence-electron chi connectivity index (χ4n) is 2.13. The highest BCUT2D eigenvalue weighted by Gasteiger charge is 2.16. The smallest absolute Gasteiger partial charge is 0.136 e. The zero-order valence-electron chi connectivity index (χ0n) is 10.9. The van der Waals surface area contributed by atoms with E-state index in [0.29, 0.717) is 5.69 Å². The zero-order valence-corrected chi connectivity index (χ0v) is 10.9. The molecule has 0 unspecified atom stereocenters. The van der Waals surface area contributed by atoms with Crippen molar-refractivity contribution >= 4 is 17.2 Å². The Bertz CT molecular complexity index is 623. The Morgan fingerprint density at radius 1 is 1.11 bits per heavy atom. The van der Waals surface area contributed by atoms with Crippen LogP contribution in [-0.2, 0) is 0 Å². The van der Waals surface area contributed by atoms with Crippen LogP contribution in [-0.4, -0.2) is 12.9 Å². The Hall–Kier alpha value is -2.36. The molecule has 0 aliphatic carbocycles. The average molecular weight is 257 g/mol. The van der Waals surface area contributed by atoms with E-state index < -0.39 is 5.82 Å². The average Bonchev–Trinajstić information content (AvgIpc) is 2.37. The van der Waals surface area contributed by atoms with Crippen molar-refractivity contribution in [3.05, 3.63) is 59.4 Å². The summed E-state index contributed by atoms with van der Waals surface area (Å²) in [6.45, 7) is 1.98. The van der Waals surface area contributed by atoms with Crippen LogP contribution < -0.4 is 10.6 Å². The summed E-state index contributed by atoms with van der Waals surface area (Å²) in [6, 6.07) is 12.5. The molecule has 4 heteroatoms. The second-order valence-electron chi connectivity index (χ2n) is 4.39. The molecule has 0 saturated heterocycles. The van der Waals surface area contributed by atoms with Gasteiger partial charge in [0, 0.05) is 12.7 Å². The topological polar surface area (TPSA) is 53.1 Å². The van der Waals surface area contributed by atoms with Gasteiger partial charge in [-0.15, -0.1) is 0 Å². The molecule has 0 radical (unpaired) electrons. The number of anilines is 2. The molecule has 2 aromatic carbocycles. The molecular formula is C15H16FN3. The molecule has 3 nitrogen and oxygen atoms in total. The van der Waals surface area contributed by atoms with Crippen LogP contribution in [0.4, 0.5) is 15.8 Å². The third-order valence-electron chi connectivity index (χ3n) is 3.10. The largest absolute Gasteiger partial charge is 0.384 e. The predicted octanol–water partition coefficient (Wildman–Crippen LogP) is 3.19. The molecule has 0 saturated carbocycles. The lowest BCUT2D eigenvalue weighted by Gasteiger charge is -2.24. The number of benzene rings is 2. The number of nitrogen functional groups attached to an aromatic ring is 1. The number of rotatable bonds is 3. The van der Waals surface area contributed by atoms with Gasteiger partial charge in [-0.2, -0.15) is 0 Å². The normalized spacial score (nSPS) is 10.3. The maximum Gasteiger partial charge on any atom is 0.136 e. The van der Waals surface area contributed by atoms with E-state index in [0.717, 1.165) is 11.3 Å². The van der Waals surface area contributed by atoms with Gasteiger partial charge in [-0.05, 0) is 30.7 Å². The first kappa shape index (κ1) is 13.1. The molecule has 0 bridgehead atoms. The van der Waals surface area contributed by atoms with Crippen LogP contribution in [0.25, 0.3) is 0 Å². The van der Waals surface area contributed by atoms with E-state index in [1.165, 1.54) is 6.07 Å². The molecule has 19 heavy (non-hydrogen) atoms. The molecule has 0 aromatic heterocycles. The lowest BCUT2D eigenvalue weighted by Crippen LogP contribution is -2.20. The van der Waals surface area contributed by atoms with Gasteiger partial charge in [0.05, 0.1) is 11.3 Å². The summed E-state index contributed by atoms with van der Waals surface area (Å²) in [4.78, 5) is 1.84. The summed E-state index contributed by atoms with van der Waals surface area (Å²) in [5.74, 6) is -0.751. The SMILES string of the molecule is Cc1ccccc1N(C)c1cccc(F)c1C(=N)N. The van der Waals surface area contributed by atoms with Gasteiger partial charge in [-0.1, -0.05) is 24.3 Å². The number of nitrogens with one attached hydrogen (secondary N) is 1. The van der Waals surface area contributed by atoms with Crippen molar-refractivity contribution in [2.75, 3.05) is 11.9 Å². The van der Waals surface area contributed by atoms with Crippen LogP contribution in [0, 0.1) is 18.2 Å². The van der Waals surface area contributed by atoms with Gasteiger partial charge in [0.15, 0.2) is 0 Å². The summed E-state index contributed by atoms with van der Waals surface area (Å²) in [6.07, 6.45) is 0. The highest BCUT2D eigenvalue weighted by molar-refractivity contribution is 6.01. The number of aryl methyl sites for hydroxylation is 1. The van der Waals surface area contributed by atoms with Gasteiger partial charge < -0.3 is 10.6 Å². The summed E-state index contributed by atoms with van der Waals surface area (Å²) < 4.78 is 13.8. The van der Waals surface area contributed by atoms with E-state index in [9.17, 15) is 4.39 Å². The Balaban J connectivity index is 2.57. The number of nitrogens with two attached hydrogens (primary N) is 1. The van der Waals surface area contributed by atoms with Crippen LogP contribution in [0.3, 0.4) is 0 Å². The number of nitrogens with zero attached hydrogens (tertiary/aromatic N) is 1. The maximum absolute atomic E-state index is 13.8. The lowest BCUT2D eigenvalue weighted by atomic mass is 10.1. The van der Waals surface area contributed by atoms with Gasteiger partial charge in [0.2, 0.25) is 0 Å². The van der Waals surface area contributed by atoms with Crippen molar-refractivity contribution in [3.8, 4) is 0 Å². The van der Waals surface area contributed by atoms with Crippen molar-refractivity contribution in [3.63, 3.8) is 0 Å². The van der Waals surface area contributed by atoms with E-state index in [-0.39, 0.29) is 11.4 Å². The molecule has 3 N–H and O–H groups in total. The minimum absolute atomic E-state index is 0.133. The molecule has 0 heterocycles. The van der Waals surface area contributed by atoms with Gasteiger partial charge in [0.25, 0.3) is 0 Å². The van der Waals surface area contributed by atoms with Crippen molar-refractivity contribution in [1.29, 1.82) is 5.41 Å². The standard InChI is InChI=1S/C15H16FN3/c1-10-6-3-4-8-12(10)19(2)13-9-5-7-11(16)14(13)15(17)18/h3-9H,1-2H3,(H3,17,18). The Labute approximate surface area is 112 Å². The molecule has 0 aliphatic heterocycles. The predicted molar refractivity (Wildman–Crippen MR) is 76.7 cm³/mol. The first-order chi connectivity index (χ1) is 9.02. The Morgan fingerprint density at radius 2 is 1.74 bits per heavy atom. The van der Waals surface area contributed by atoms with E-state index in [4.69, 9.17) is 11.1 Å².